The molecule has 0 atom stereocenters. The van der Waals surface area contributed by atoms with Gasteiger partial charge in [0.25, 0.3) is 0 Å². The van der Waals surface area contributed by atoms with E-state index in [-0.39, 0.29) is 0 Å². The van der Waals surface area contributed by atoms with E-state index in [1.165, 1.54) is 48.2 Å². The van der Waals surface area contributed by atoms with Crippen molar-refractivity contribution in [2.45, 2.75) is 65.5 Å². The molecule has 3 nitrogen and oxygen atoms in total. The number of unbranched alkanes of at least 4 members (excludes halogenated alkanes) is 2. The van der Waals surface area contributed by atoms with Crippen molar-refractivity contribution in [2.24, 2.45) is 0 Å². The van der Waals surface area contributed by atoms with Crippen molar-refractivity contribution in [3.05, 3.63) is 89.2 Å². The Morgan fingerprint density at radius 1 is 0.600 bits per heavy atom. The van der Waals surface area contributed by atoms with Crippen LogP contribution in [0, 0.1) is 0 Å². The summed E-state index contributed by atoms with van der Waals surface area (Å²) in [6.45, 7) is 5.96. The molecule has 2 N–H and O–H groups in total. The molecule has 0 aliphatic heterocycles. The summed E-state index contributed by atoms with van der Waals surface area (Å²) in [7, 11) is 0. The Bertz CT molecular complexity index is 833. The van der Waals surface area contributed by atoms with E-state index in [9.17, 15) is 0 Å². The van der Waals surface area contributed by atoms with Crippen molar-refractivity contribution in [3.8, 4) is 0 Å². The van der Waals surface area contributed by atoms with Gasteiger partial charge < -0.3 is 10.6 Å². The summed E-state index contributed by atoms with van der Waals surface area (Å²) in [5.41, 5.74) is 7.36. The van der Waals surface area contributed by atoms with Gasteiger partial charge in [0.05, 0.1) is 24.5 Å². The molecule has 30 heavy (non-hydrogen) atoms. The maximum atomic E-state index is 4.86. The molecule has 1 heterocycles. The van der Waals surface area contributed by atoms with Crippen LogP contribution in [0.1, 0.15) is 62.0 Å². The van der Waals surface area contributed by atoms with Gasteiger partial charge in [0.15, 0.2) is 0 Å². The van der Waals surface area contributed by atoms with Crippen LogP contribution < -0.4 is 10.6 Å². The van der Waals surface area contributed by atoms with E-state index < -0.39 is 0 Å². The number of pyridine rings is 1. The third-order valence-corrected chi connectivity index (χ3v) is 5.42. The molecule has 3 aromatic rings. The van der Waals surface area contributed by atoms with Crippen molar-refractivity contribution in [3.63, 3.8) is 0 Å². The number of nitrogens with one attached hydrogen (secondary N) is 2. The van der Waals surface area contributed by atoms with E-state index in [1.807, 2.05) is 0 Å². The van der Waals surface area contributed by atoms with Crippen molar-refractivity contribution in [2.75, 3.05) is 10.6 Å². The fourth-order valence-corrected chi connectivity index (χ4v) is 3.65. The lowest BCUT2D eigenvalue weighted by atomic mass is 10.1. The Kier molecular flexibility index (Phi) is 8.77. The second kappa shape index (κ2) is 12.0. The minimum Gasteiger partial charge on any atom is -0.379 e. The zero-order valence-corrected chi connectivity index (χ0v) is 18.5. The van der Waals surface area contributed by atoms with Gasteiger partial charge in [-0.05, 0) is 61.1 Å². The van der Waals surface area contributed by atoms with Crippen LogP contribution in [-0.2, 0) is 25.9 Å². The lowest BCUT2D eigenvalue weighted by Crippen LogP contribution is -2.08. The summed E-state index contributed by atoms with van der Waals surface area (Å²) >= 11 is 0. The molecule has 0 fully saturated rings. The summed E-state index contributed by atoms with van der Waals surface area (Å²) in [6, 6.07) is 23.5. The van der Waals surface area contributed by atoms with E-state index in [0.29, 0.717) is 0 Å². The minimum atomic E-state index is 0.740. The molecule has 3 rings (SSSR count). The van der Waals surface area contributed by atoms with Crippen LogP contribution in [0.3, 0.4) is 0 Å². The average Bonchev–Trinajstić information content (AvgIpc) is 2.80. The van der Waals surface area contributed by atoms with Crippen LogP contribution in [0.5, 0.6) is 0 Å². The molecule has 1 aromatic heterocycles. The van der Waals surface area contributed by atoms with Crippen LogP contribution in [0.25, 0.3) is 0 Å². The Morgan fingerprint density at radius 3 is 1.53 bits per heavy atom. The summed E-state index contributed by atoms with van der Waals surface area (Å²) in [5.74, 6) is 0. The minimum absolute atomic E-state index is 0.740. The summed E-state index contributed by atoms with van der Waals surface area (Å²) in [5, 5.41) is 7.18. The maximum absolute atomic E-state index is 4.86. The lowest BCUT2D eigenvalue weighted by molar-refractivity contribution is 0.794. The first-order valence-electron chi connectivity index (χ1n) is 11.4. The number of hydrogen-bond acceptors (Lipinski definition) is 3. The Hall–Kier alpha value is -2.81. The quantitative estimate of drug-likeness (QED) is 0.343. The SMILES string of the molecule is CCCCc1ccccc1NCc1cccc(CNc2ccccc2CCCC)n1. The van der Waals surface area contributed by atoms with Crippen LogP contribution in [-0.4, -0.2) is 4.98 Å². The van der Waals surface area contributed by atoms with Crippen molar-refractivity contribution >= 4 is 11.4 Å². The van der Waals surface area contributed by atoms with E-state index in [4.69, 9.17) is 4.98 Å². The molecule has 0 saturated heterocycles. The third-order valence-electron chi connectivity index (χ3n) is 5.42. The standard InChI is InChI=1S/C27H35N3/c1-3-5-12-22-14-7-9-18-26(22)28-20-24-16-11-17-25(30-24)21-29-27-19-10-8-15-23(27)13-6-4-2/h7-11,14-19,28-29H,3-6,12-13,20-21H2,1-2H3. The summed E-state index contributed by atoms with van der Waals surface area (Å²) in [6.07, 6.45) is 7.11. The van der Waals surface area contributed by atoms with Gasteiger partial charge >= 0.3 is 0 Å². The normalized spacial score (nSPS) is 10.7. The molecule has 0 unspecified atom stereocenters. The predicted octanol–water partition coefficient (Wildman–Crippen LogP) is 6.99. The number of aryl methyl sites for hydroxylation is 2. The first kappa shape index (κ1) is 21.9. The second-order valence-electron chi connectivity index (χ2n) is 7.85. The van der Waals surface area contributed by atoms with Crippen molar-refractivity contribution in [1.29, 1.82) is 0 Å². The Labute approximate surface area is 182 Å². The molecular weight excluding hydrogens is 366 g/mol. The number of nitrogens with zero attached hydrogens (tertiary/aromatic N) is 1. The highest BCUT2D eigenvalue weighted by atomic mass is 14.9. The Morgan fingerprint density at radius 2 is 1.07 bits per heavy atom. The molecular formula is C27H35N3. The average molecular weight is 402 g/mol. The zero-order valence-electron chi connectivity index (χ0n) is 18.5. The third kappa shape index (κ3) is 6.62. The van der Waals surface area contributed by atoms with Gasteiger partial charge in [0, 0.05) is 11.4 Å². The first-order valence-corrected chi connectivity index (χ1v) is 11.4. The number of hydrogen-bond donors (Lipinski definition) is 2. The molecule has 158 valence electrons. The molecule has 0 aliphatic rings. The number of aromatic nitrogens is 1. The first-order chi connectivity index (χ1) is 14.8. The number of benzene rings is 2. The van der Waals surface area contributed by atoms with Gasteiger partial charge in [-0.2, -0.15) is 0 Å². The molecule has 3 heteroatoms. The largest absolute Gasteiger partial charge is 0.379 e. The van der Waals surface area contributed by atoms with Gasteiger partial charge in [-0.15, -0.1) is 0 Å². The molecule has 0 saturated carbocycles. The molecule has 2 aromatic carbocycles. The van der Waals surface area contributed by atoms with Gasteiger partial charge in [-0.1, -0.05) is 69.2 Å². The van der Waals surface area contributed by atoms with Gasteiger partial charge in [0.2, 0.25) is 0 Å². The predicted molar refractivity (Wildman–Crippen MR) is 129 cm³/mol. The van der Waals surface area contributed by atoms with E-state index in [2.05, 4.69) is 91.2 Å². The topological polar surface area (TPSA) is 37.0 Å². The molecule has 0 amide bonds. The summed E-state index contributed by atoms with van der Waals surface area (Å²) < 4.78 is 0. The van der Waals surface area contributed by atoms with Crippen LogP contribution in [0.4, 0.5) is 11.4 Å². The molecule has 0 radical (unpaired) electrons. The fraction of sp³-hybridized carbons (Fsp3) is 0.370. The van der Waals surface area contributed by atoms with Crippen LogP contribution in [0.15, 0.2) is 66.7 Å². The highest BCUT2D eigenvalue weighted by Crippen LogP contribution is 2.20. The van der Waals surface area contributed by atoms with Gasteiger partial charge in [0.1, 0.15) is 0 Å². The highest BCUT2D eigenvalue weighted by molar-refractivity contribution is 5.52. The van der Waals surface area contributed by atoms with E-state index >= 15 is 0 Å². The second-order valence-corrected chi connectivity index (χ2v) is 7.85. The van der Waals surface area contributed by atoms with Crippen molar-refractivity contribution < 1.29 is 0 Å². The molecule has 0 bridgehead atoms. The van der Waals surface area contributed by atoms with Gasteiger partial charge in [-0.3, -0.25) is 4.98 Å². The van der Waals surface area contributed by atoms with Gasteiger partial charge in [-0.25, -0.2) is 0 Å². The lowest BCUT2D eigenvalue weighted by Gasteiger charge is -2.13. The number of rotatable bonds is 12. The highest BCUT2D eigenvalue weighted by Gasteiger charge is 2.05. The van der Waals surface area contributed by atoms with Crippen molar-refractivity contribution in [1.82, 2.24) is 4.98 Å². The smallest absolute Gasteiger partial charge is 0.0598 e. The number of para-hydroxylation sites is 2. The van der Waals surface area contributed by atoms with Crippen LogP contribution in [0.2, 0.25) is 0 Å². The molecule has 0 aliphatic carbocycles. The summed E-state index contributed by atoms with van der Waals surface area (Å²) in [4.78, 5) is 4.86. The maximum Gasteiger partial charge on any atom is 0.0598 e. The number of anilines is 2. The fourth-order valence-electron chi connectivity index (χ4n) is 3.65. The zero-order chi connectivity index (χ0) is 21.0. The van der Waals surface area contributed by atoms with E-state index in [0.717, 1.165) is 37.3 Å². The van der Waals surface area contributed by atoms with E-state index in [1.54, 1.807) is 0 Å². The molecule has 0 spiro atoms. The Balaban J connectivity index is 1.60. The monoisotopic (exact) mass is 401 g/mol. The van der Waals surface area contributed by atoms with Crippen LogP contribution >= 0.6 is 0 Å².